The highest BCUT2D eigenvalue weighted by molar-refractivity contribution is 9.10. The average molecular weight is 462 g/mol. The molecule has 2 N–H and O–H groups in total. The minimum Gasteiger partial charge on any atom is -0.481 e. The zero-order valence-corrected chi connectivity index (χ0v) is 17.1. The second kappa shape index (κ2) is 8.82. The van der Waals surface area contributed by atoms with Gasteiger partial charge in [-0.05, 0) is 56.3 Å². The van der Waals surface area contributed by atoms with Crippen LogP contribution in [0.25, 0.3) is 5.69 Å². The molecule has 10 heteroatoms. The third-order valence-electron chi connectivity index (χ3n) is 3.82. The molecule has 0 aliphatic rings. The van der Waals surface area contributed by atoms with Crippen molar-refractivity contribution in [2.24, 2.45) is 0 Å². The molecular weight excluding hydrogens is 445 g/mol. The summed E-state index contributed by atoms with van der Waals surface area (Å²) >= 11 is 3.32. The van der Waals surface area contributed by atoms with Crippen molar-refractivity contribution in [2.75, 3.05) is 0 Å². The van der Waals surface area contributed by atoms with Crippen molar-refractivity contribution in [3.05, 3.63) is 70.5 Å². The van der Waals surface area contributed by atoms with Crippen LogP contribution in [-0.4, -0.2) is 32.7 Å². The van der Waals surface area contributed by atoms with E-state index in [-0.39, 0.29) is 11.6 Å². The molecule has 0 bridgehead atoms. The molecular formula is C19H17BrFN5O3. The van der Waals surface area contributed by atoms with Gasteiger partial charge in [0, 0.05) is 4.47 Å². The van der Waals surface area contributed by atoms with Crippen LogP contribution in [0.3, 0.4) is 0 Å². The maximum Gasteiger partial charge on any atom is 0.309 e. The smallest absolute Gasteiger partial charge is 0.309 e. The summed E-state index contributed by atoms with van der Waals surface area (Å²) < 4.78 is 20.8. The predicted molar refractivity (Wildman–Crippen MR) is 106 cm³/mol. The highest BCUT2D eigenvalue weighted by Gasteiger charge is 2.19. The molecule has 1 atom stereocenters. The van der Waals surface area contributed by atoms with Gasteiger partial charge in [0.1, 0.15) is 17.4 Å². The molecule has 3 rings (SSSR count). The van der Waals surface area contributed by atoms with Gasteiger partial charge in [0.05, 0.1) is 5.69 Å². The van der Waals surface area contributed by atoms with Gasteiger partial charge in [-0.1, -0.05) is 22.0 Å². The number of nitrogens with one attached hydrogen (secondary N) is 2. The van der Waals surface area contributed by atoms with Crippen LogP contribution in [-0.2, 0) is 4.79 Å². The van der Waals surface area contributed by atoms with E-state index in [0.717, 1.165) is 4.47 Å². The van der Waals surface area contributed by atoms with Gasteiger partial charge in [-0.25, -0.2) is 14.1 Å². The number of carbonyl (C=O) groups is 2. The number of hydrogen-bond donors (Lipinski definition) is 2. The summed E-state index contributed by atoms with van der Waals surface area (Å²) in [7, 11) is 0. The van der Waals surface area contributed by atoms with Gasteiger partial charge < -0.3 is 4.74 Å². The lowest BCUT2D eigenvalue weighted by Crippen LogP contribution is -2.47. The second-order valence-corrected chi connectivity index (χ2v) is 6.95. The largest absolute Gasteiger partial charge is 0.481 e. The summed E-state index contributed by atoms with van der Waals surface area (Å²) in [6, 6.07) is 12.6. The molecule has 0 saturated carbocycles. The first-order valence-electron chi connectivity index (χ1n) is 8.55. The number of nitrogens with zero attached hydrogens (tertiary/aromatic N) is 3. The third kappa shape index (κ3) is 5.17. The molecule has 1 unspecified atom stereocenters. The normalized spacial score (nSPS) is 11.6. The van der Waals surface area contributed by atoms with E-state index in [4.69, 9.17) is 4.74 Å². The zero-order chi connectivity index (χ0) is 21.0. The number of benzene rings is 2. The first kappa shape index (κ1) is 20.5. The minimum atomic E-state index is -0.851. The molecule has 1 heterocycles. The Kier molecular flexibility index (Phi) is 6.23. The Morgan fingerprint density at radius 1 is 1.17 bits per heavy atom. The maximum atomic E-state index is 13.1. The van der Waals surface area contributed by atoms with Gasteiger partial charge in [-0.15, -0.1) is 5.10 Å². The molecule has 0 spiro atoms. The Hall–Kier alpha value is -3.27. The van der Waals surface area contributed by atoms with Crippen molar-refractivity contribution in [1.82, 2.24) is 25.6 Å². The maximum absolute atomic E-state index is 13.1. The van der Waals surface area contributed by atoms with E-state index >= 15 is 0 Å². The second-order valence-electron chi connectivity index (χ2n) is 6.03. The van der Waals surface area contributed by atoms with E-state index in [1.54, 1.807) is 32.0 Å². The standard InChI is InChI=1S/C19H17BrFN5O3/c1-11(29-16-5-3-4-13(20)10-16)18(27)23-24-19(28)17-22-12(2)26(25-17)15-8-6-14(21)7-9-15/h3-11H,1-2H3,(H,23,27)(H,24,28). The Labute approximate surface area is 174 Å². The molecule has 0 aliphatic heterocycles. The van der Waals surface area contributed by atoms with Crippen molar-refractivity contribution in [3.63, 3.8) is 0 Å². The fraction of sp³-hybridized carbons (Fsp3) is 0.158. The van der Waals surface area contributed by atoms with Crippen LogP contribution >= 0.6 is 15.9 Å². The van der Waals surface area contributed by atoms with Crippen LogP contribution in [0.5, 0.6) is 5.75 Å². The van der Waals surface area contributed by atoms with Gasteiger partial charge >= 0.3 is 5.91 Å². The lowest BCUT2D eigenvalue weighted by molar-refractivity contribution is -0.128. The fourth-order valence-electron chi connectivity index (χ4n) is 2.39. The Morgan fingerprint density at radius 3 is 2.59 bits per heavy atom. The molecule has 2 aromatic carbocycles. The summed E-state index contributed by atoms with van der Waals surface area (Å²) in [5.74, 6) is -0.841. The van der Waals surface area contributed by atoms with Crippen molar-refractivity contribution >= 4 is 27.7 Å². The van der Waals surface area contributed by atoms with Gasteiger partial charge in [0.15, 0.2) is 6.10 Å². The Morgan fingerprint density at radius 2 is 1.90 bits per heavy atom. The molecule has 8 nitrogen and oxygen atoms in total. The fourth-order valence-corrected chi connectivity index (χ4v) is 2.77. The minimum absolute atomic E-state index is 0.146. The number of hydrogen-bond acceptors (Lipinski definition) is 5. The number of carbonyl (C=O) groups excluding carboxylic acids is 2. The molecule has 1 aromatic heterocycles. The van der Waals surface area contributed by atoms with Crippen molar-refractivity contribution < 1.29 is 18.7 Å². The predicted octanol–water partition coefficient (Wildman–Crippen LogP) is 2.71. The molecule has 0 saturated heterocycles. The van der Waals surface area contributed by atoms with Crippen molar-refractivity contribution in [1.29, 1.82) is 0 Å². The number of rotatable bonds is 5. The van der Waals surface area contributed by atoms with Gasteiger partial charge in [-0.2, -0.15) is 0 Å². The summed E-state index contributed by atoms with van der Waals surface area (Å²) in [6.45, 7) is 3.20. The first-order valence-corrected chi connectivity index (χ1v) is 9.35. The molecule has 0 radical (unpaired) electrons. The number of amides is 2. The van der Waals surface area contributed by atoms with Gasteiger partial charge in [0.25, 0.3) is 5.91 Å². The number of ether oxygens (including phenoxy) is 1. The van der Waals surface area contributed by atoms with Crippen LogP contribution in [0.1, 0.15) is 23.4 Å². The number of aryl methyl sites for hydroxylation is 1. The lowest BCUT2D eigenvalue weighted by Gasteiger charge is -2.14. The van der Waals surface area contributed by atoms with E-state index in [1.807, 2.05) is 6.07 Å². The number of aromatic nitrogens is 3. The van der Waals surface area contributed by atoms with Crippen LogP contribution in [0.15, 0.2) is 53.0 Å². The molecule has 3 aromatic rings. The van der Waals surface area contributed by atoms with E-state index < -0.39 is 17.9 Å². The number of halogens is 2. The third-order valence-corrected chi connectivity index (χ3v) is 4.31. The van der Waals surface area contributed by atoms with Crippen LogP contribution in [0.2, 0.25) is 0 Å². The molecule has 29 heavy (non-hydrogen) atoms. The molecule has 150 valence electrons. The van der Waals surface area contributed by atoms with Crippen LogP contribution < -0.4 is 15.6 Å². The summed E-state index contributed by atoms with van der Waals surface area (Å²) in [5.41, 5.74) is 5.08. The van der Waals surface area contributed by atoms with E-state index in [9.17, 15) is 14.0 Å². The van der Waals surface area contributed by atoms with Crippen molar-refractivity contribution in [3.8, 4) is 11.4 Å². The highest BCUT2D eigenvalue weighted by Crippen LogP contribution is 2.18. The van der Waals surface area contributed by atoms with Gasteiger partial charge in [-0.3, -0.25) is 20.4 Å². The van der Waals surface area contributed by atoms with E-state index in [1.165, 1.54) is 28.9 Å². The first-order chi connectivity index (χ1) is 13.8. The Balaban J connectivity index is 1.59. The number of hydrazine groups is 1. The average Bonchev–Trinajstić information content (AvgIpc) is 3.08. The summed E-state index contributed by atoms with van der Waals surface area (Å²) in [5, 5.41) is 4.09. The monoisotopic (exact) mass is 461 g/mol. The van der Waals surface area contributed by atoms with Crippen molar-refractivity contribution in [2.45, 2.75) is 20.0 Å². The Bertz CT molecular complexity index is 1040. The van der Waals surface area contributed by atoms with Crippen LogP contribution in [0.4, 0.5) is 4.39 Å². The molecule has 2 amide bonds. The lowest BCUT2D eigenvalue weighted by atomic mass is 10.3. The highest BCUT2D eigenvalue weighted by atomic mass is 79.9. The molecule has 0 fully saturated rings. The quantitative estimate of drug-likeness (QED) is 0.569. The summed E-state index contributed by atoms with van der Waals surface area (Å²) in [6.07, 6.45) is -0.851. The SMILES string of the molecule is Cc1nc(C(=O)NNC(=O)C(C)Oc2cccc(Br)c2)nn1-c1ccc(F)cc1. The topological polar surface area (TPSA) is 98.1 Å². The molecule has 0 aliphatic carbocycles. The zero-order valence-electron chi connectivity index (χ0n) is 15.5. The van der Waals surface area contributed by atoms with Crippen LogP contribution in [0, 0.1) is 12.7 Å². The van der Waals surface area contributed by atoms with E-state index in [0.29, 0.717) is 17.3 Å². The van der Waals surface area contributed by atoms with E-state index in [2.05, 4.69) is 36.9 Å². The van der Waals surface area contributed by atoms with Gasteiger partial charge in [0.2, 0.25) is 5.82 Å². The summed E-state index contributed by atoms with van der Waals surface area (Å²) in [4.78, 5) is 28.5.